The van der Waals surface area contributed by atoms with Gasteiger partial charge in [-0.25, -0.2) is 13.4 Å². The topological polar surface area (TPSA) is 77.5 Å². The highest BCUT2D eigenvalue weighted by Crippen LogP contribution is 2.32. The Labute approximate surface area is 173 Å². The van der Waals surface area contributed by atoms with Gasteiger partial charge in [0.25, 0.3) is 0 Å². The first-order chi connectivity index (χ1) is 13.5. The molecule has 2 aromatic carbocycles. The van der Waals surface area contributed by atoms with E-state index in [1.54, 1.807) is 54.5 Å². The van der Waals surface area contributed by atoms with E-state index in [0.717, 1.165) is 32.5 Å². The molecule has 1 N–H and O–H groups in total. The number of fused-ring (bicyclic) bond motifs is 1. The van der Waals surface area contributed by atoms with E-state index in [2.05, 4.69) is 9.71 Å². The van der Waals surface area contributed by atoms with Crippen LogP contribution in [0.3, 0.4) is 0 Å². The fourth-order valence-corrected chi connectivity index (χ4v) is 5.93. The molecule has 0 saturated carbocycles. The lowest BCUT2D eigenvalue weighted by atomic mass is 10.3. The summed E-state index contributed by atoms with van der Waals surface area (Å²) in [5.41, 5.74) is 1.42. The third-order valence-electron chi connectivity index (χ3n) is 3.98. The van der Waals surface area contributed by atoms with E-state index in [-0.39, 0.29) is 5.75 Å². The second kappa shape index (κ2) is 9.49. The quantitative estimate of drug-likeness (QED) is 0.367. The molecule has 150 valence electrons. The van der Waals surface area contributed by atoms with Crippen molar-refractivity contribution in [3.05, 3.63) is 42.5 Å². The predicted molar refractivity (Wildman–Crippen MR) is 117 cm³/mol. The summed E-state index contributed by atoms with van der Waals surface area (Å²) in [6.07, 6.45) is 1.37. The van der Waals surface area contributed by atoms with Crippen molar-refractivity contribution in [1.82, 2.24) is 4.98 Å². The molecule has 0 bridgehead atoms. The Balaban J connectivity index is 1.46. The summed E-state index contributed by atoms with van der Waals surface area (Å²) in [6, 6.07) is 12.8. The minimum absolute atomic E-state index is 0.0721. The van der Waals surface area contributed by atoms with Gasteiger partial charge in [-0.05, 0) is 43.2 Å². The number of hydrogen-bond donors (Lipinski definition) is 1. The molecule has 1 heterocycles. The van der Waals surface area contributed by atoms with Crippen molar-refractivity contribution in [2.24, 2.45) is 0 Å². The molecular formula is C19H22N2O4S3. The maximum Gasteiger partial charge on any atom is 0.232 e. The first-order valence-electron chi connectivity index (χ1n) is 8.71. The van der Waals surface area contributed by atoms with Gasteiger partial charge in [0.2, 0.25) is 10.0 Å². The number of methoxy groups -OCH3 is 2. The summed E-state index contributed by atoms with van der Waals surface area (Å²) in [6.45, 7) is 0. The van der Waals surface area contributed by atoms with Crippen LogP contribution in [0.1, 0.15) is 12.8 Å². The molecule has 6 nitrogen and oxygen atoms in total. The number of para-hydroxylation sites is 2. The summed E-state index contributed by atoms with van der Waals surface area (Å²) < 4.78 is 39.6. The molecule has 28 heavy (non-hydrogen) atoms. The third kappa shape index (κ3) is 5.52. The van der Waals surface area contributed by atoms with Crippen LogP contribution in [0.15, 0.2) is 46.8 Å². The molecule has 0 aliphatic rings. The van der Waals surface area contributed by atoms with Crippen LogP contribution in [0.25, 0.3) is 10.2 Å². The number of aromatic nitrogens is 1. The van der Waals surface area contributed by atoms with Gasteiger partial charge >= 0.3 is 0 Å². The van der Waals surface area contributed by atoms with Gasteiger partial charge in [-0.2, -0.15) is 0 Å². The summed E-state index contributed by atoms with van der Waals surface area (Å²) in [7, 11) is -0.243. The highest BCUT2D eigenvalue weighted by atomic mass is 32.2. The standard InChI is InChI=1S/C19H22N2O4S3/c1-24-14-9-10-16-18(13-14)27-19(20-16)26-11-5-6-12-28(22,23)21-15-7-3-4-8-17(15)25-2/h3-4,7-10,13,21H,5-6,11-12H2,1-2H3. The average molecular weight is 439 g/mol. The number of nitrogens with one attached hydrogen (secondary N) is 1. The Bertz CT molecular complexity index is 1030. The SMILES string of the molecule is COc1ccc2nc(SCCCCS(=O)(=O)Nc3ccccc3OC)sc2c1. The van der Waals surface area contributed by atoms with Gasteiger partial charge in [0.15, 0.2) is 4.34 Å². The molecule has 0 unspecified atom stereocenters. The largest absolute Gasteiger partial charge is 0.497 e. The monoisotopic (exact) mass is 438 g/mol. The molecule has 3 rings (SSSR count). The molecule has 0 saturated heterocycles. The average Bonchev–Trinajstić information content (AvgIpc) is 3.09. The van der Waals surface area contributed by atoms with Gasteiger partial charge in [0.1, 0.15) is 11.5 Å². The minimum Gasteiger partial charge on any atom is -0.497 e. The van der Waals surface area contributed by atoms with Gasteiger partial charge in [-0.3, -0.25) is 4.72 Å². The molecular weight excluding hydrogens is 416 g/mol. The van der Waals surface area contributed by atoms with E-state index < -0.39 is 10.0 Å². The highest BCUT2D eigenvalue weighted by Gasteiger charge is 2.13. The summed E-state index contributed by atoms with van der Waals surface area (Å²) in [5.74, 6) is 2.22. The number of ether oxygens (including phenoxy) is 2. The summed E-state index contributed by atoms with van der Waals surface area (Å²) in [5, 5.41) is 0. The van der Waals surface area contributed by atoms with E-state index in [4.69, 9.17) is 9.47 Å². The molecule has 9 heteroatoms. The normalized spacial score (nSPS) is 11.5. The Hall–Kier alpha value is -1.97. The number of benzene rings is 2. The molecule has 0 radical (unpaired) electrons. The van der Waals surface area contributed by atoms with E-state index in [1.807, 2.05) is 18.2 Å². The Kier molecular flexibility index (Phi) is 7.03. The van der Waals surface area contributed by atoms with E-state index >= 15 is 0 Å². The molecule has 0 spiro atoms. The van der Waals surface area contributed by atoms with Crippen molar-refractivity contribution in [3.8, 4) is 11.5 Å². The van der Waals surface area contributed by atoms with Crippen LogP contribution >= 0.6 is 23.1 Å². The lowest BCUT2D eigenvalue weighted by Gasteiger charge is -2.11. The number of sulfonamides is 1. The second-order valence-corrected chi connectivity index (χ2v) is 10.2. The second-order valence-electron chi connectivity index (χ2n) is 5.99. The number of thioether (sulfide) groups is 1. The van der Waals surface area contributed by atoms with Crippen LogP contribution in [0.4, 0.5) is 5.69 Å². The number of anilines is 1. The fourth-order valence-electron chi connectivity index (χ4n) is 2.57. The predicted octanol–water partition coefficient (Wildman–Crippen LogP) is 4.63. The first-order valence-corrected chi connectivity index (χ1v) is 12.2. The van der Waals surface area contributed by atoms with Crippen molar-refractivity contribution in [3.63, 3.8) is 0 Å². The molecule has 0 aliphatic heterocycles. The Morgan fingerprint density at radius 3 is 2.71 bits per heavy atom. The molecule has 0 amide bonds. The van der Waals surface area contributed by atoms with Crippen molar-refractivity contribution < 1.29 is 17.9 Å². The number of rotatable bonds is 10. The number of thiazole rings is 1. The Morgan fingerprint density at radius 1 is 1.11 bits per heavy atom. The van der Waals surface area contributed by atoms with Gasteiger partial charge in [0.05, 0.1) is 35.9 Å². The maximum absolute atomic E-state index is 12.3. The molecule has 0 aliphatic carbocycles. The summed E-state index contributed by atoms with van der Waals surface area (Å²) in [4.78, 5) is 4.59. The Morgan fingerprint density at radius 2 is 1.93 bits per heavy atom. The van der Waals surface area contributed by atoms with Crippen LogP contribution in [0.5, 0.6) is 11.5 Å². The number of hydrogen-bond acceptors (Lipinski definition) is 7. The van der Waals surface area contributed by atoms with Crippen LogP contribution in [-0.2, 0) is 10.0 Å². The van der Waals surface area contributed by atoms with Crippen LogP contribution in [0.2, 0.25) is 0 Å². The van der Waals surface area contributed by atoms with E-state index in [1.165, 1.54) is 7.11 Å². The molecule has 1 aromatic heterocycles. The maximum atomic E-state index is 12.3. The van der Waals surface area contributed by atoms with Gasteiger partial charge in [-0.1, -0.05) is 23.9 Å². The molecule has 0 fully saturated rings. The van der Waals surface area contributed by atoms with Crippen molar-refractivity contribution in [2.75, 3.05) is 30.4 Å². The zero-order valence-electron chi connectivity index (χ0n) is 15.7. The third-order valence-corrected chi connectivity index (χ3v) is 7.59. The zero-order valence-corrected chi connectivity index (χ0v) is 18.1. The highest BCUT2D eigenvalue weighted by molar-refractivity contribution is 8.01. The summed E-state index contributed by atoms with van der Waals surface area (Å²) >= 11 is 3.28. The smallest absolute Gasteiger partial charge is 0.232 e. The fraction of sp³-hybridized carbons (Fsp3) is 0.316. The molecule has 3 aromatic rings. The van der Waals surface area contributed by atoms with Crippen LogP contribution in [0, 0.1) is 0 Å². The number of nitrogens with zero attached hydrogens (tertiary/aromatic N) is 1. The zero-order chi connectivity index (χ0) is 20.0. The van der Waals surface area contributed by atoms with E-state index in [0.29, 0.717) is 17.9 Å². The van der Waals surface area contributed by atoms with Crippen LogP contribution < -0.4 is 14.2 Å². The first kappa shape index (κ1) is 20.8. The van der Waals surface area contributed by atoms with Crippen LogP contribution in [-0.4, -0.2) is 39.1 Å². The lowest BCUT2D eigenvalue weighted by Crippen LogP contribution is -2.17. The minimum atomic E-state index is -3.41. The van der Waals surface area contributed by atoms with Crippen molar-refractivity contribution >= 4 is 49.0 Å². The lowest BCUT2D eigenvalue weighted by molar-refractivity contribution is 0.415. The molecule has 0 atom stereocenters. The van der Waals surface area contributed by atoms with Gasteiger partial charge < -0.3 is 9.47 Å². The van der Waals surface area contributed by atoms with Crippen molar-refractivity contribution in [2.45, 2.75) is 17.2 Å². The number of unbranched alkanes of at least 4 members (excludes halogenated alkanes) is 1. The van der Waals surface area contributed by atoms with Crippen molar-refractivity contribution in [1.29, 1.82) is 0 Å². The van der Waals surface area contributed by atoms with Gasteiger partial charge in [0, 0.05) is 5.75 Å². The van der Waals surface area contributed by atoms with Gasteiger partial charge in [-0.15, -0.1) is 11.3 Å². The van der Waals surface area contributed by atoms with E-state index in [9.17, 15) is 8.42 Å².